The van der Waals surface area contributed by atoms with Gasteiger partial charge in [-0.3, -0.25) is 29.4 Å². The van der Waals surface area contributed by atoms with E-state index in [2.05, 4.69) is 0 Å². The third-order valence-electron chi connectivity index (χ3n) is 3.86. The second-order valence-electron chi connectivity index (χ2n) is 6.43. The highest BCUT2D eigenvalue weighted by Crippen LogP contribution is 2.35. The monoisotopic (exact) mass is 450 g/mol. The highest BCUT2D eigenvalue weighted by molar-refractivity contribution is 8.18. The van der Waals surface area contributed by atoms with Crippen molar-refractivity contribution in [1.29, 1.82) is 0 Å². The average Bonchev–Trinajstić information content (AvgIpc) is 3.21. The van der Waals surface area contributed by atoms with Crippen LogP contribution in [0.1, 0.15) is 19.6 Å². The molecule has 156 valence electrons. The molecule has 2 heterocycles. The molecule has 0 spiro atoms. The zero-order chi connectivity index (χ0) is 22.0. The quantitative estimate of drug-likeness (QED) is 0.273. The van der Waals surface area contributed by atoms with Crippen LogP contribution in [0, 0.1) is 10.1 Å². The molecule has 1 aromatic carbocycles. The fourth-order valence-electron chi connectivity index (χ4n) is 2.59. The number of imide groups is 1. The van der Waals surface area contributed by atoms with Crippen molar-refractivity contribution in [3.05, 3.63) is 56.1 Å². The summed E-state index contributed by atoms with van der Waals surface area (Å²) in [6, 6.07) is 7.11. The van der Waals surface area contributed by atoms with E-state index in [1.807, 2.05) is 0 Å². The Morgan fingerprint density at radius 3 is 2.70 bits per heavy atom. The highest BCUT2D eigenvalue weighted by Gasteiger charge is 2.37. The van der Waals surface area contributed by atoms with Crippen molar-refractivity contribution in [2.75, 3.05) is 6.54 Å². The predicted octanol–water partition coefficient (Wildman–Crippen LogP) is 4.50. The normalized spacial score (nSPS) is 15.3. The molecule has 1 aromatic heterocycles. The van der Waals surface area contributed by atoms with Crippen LogP contribution < -0.4 is 0 Å². The largest absolute Gasteiger partial charge is 0.462 e. The summed E-state index contributed by atoms with van der Waals surface area (Å²) < 4.78 is 10.6. The maximum atomic E-state index is 12.5. The van der Waals surface area contributed by atoms with Crippen LogP contribution in [-0.4, -0.2) is 39.6 Å². The maximum absolute atomic E-state index is 12.5. The molecule has 1 saturated heterocycles. The van der Waals surface area contributed by atoms with Gasteiger partial charge < -0.3 is 9.15 Å². The molecule has 0 saturated carbocycles. The third-order valence-corrected chi connectivity index (χ3v) is 5.08. The van der Waals surface area contributed by atoms with E-state index in [-0.39, 0.29) is 27.5 Å². The molecule has 0 N–H and O–H groups in total. The number of rotatable bonds is 6. The Kier molecular flexibility index (Phi) is 6.28. The lowest BCUT2D eigenvalue weighted by Crippen LogP contribution is -2.35. The number of hydrogen-bond donors (Lipinski definition) is 0. The van der Waals surface area contributed by atoms with E-state index in [0.29, 0.717) is 23.1 Å². The Hall–Kier alpha value is -3.11. The first kappa shape index (κ1) is 21.6. The fraction of sp³-hybridized carbons (Fsp3) is 0.211. The number of non-ortho nitro benzene ring substituents is 1. The molecule has 0 radical (unpaired) electrons. The minimum absolute atomic E-state index is 0.0908. The Morgan fingerprint density at radius 1 is 1.33 bits per heavy atom. The van der Waals surface area contributed by atoms with E-state index in [1.54, 1.807) is 26.0 Å². The van der Waals surface area contributed by atoms with Gasteiger partial charge in [0, 0.05) is 23.8 Å². The van der Waals surface area contributed by atoms with Gasteiger partial charge in [0.1, 0.15) is 18.1 Å². The summed E-state index contributed by atoms with van der Waals surface area (Å²) in [6.07, 6.45) is 1.02. The number of nitrogens with zero attached hydrogens (tertiary/aromatic N) is 2. The molecule has 9 nitrogen and oxygen atoms in total. The van der Waals surface area contributed by atoms with Crippen LogP contribution in [0.15, 0.2) is 39.7 Å². The van der Waals surface area contributed by atoms with E-state index in [0.717, 1.165) is 4.90 Å². The molecular formula is C19H15ClN2O7S. The van der Waals surface area contributed by atoms with Crippen molar-refractivity contribution >= 4 is 52.2 Å². The van der Waals surface area contributed by atoms with Crippen molar-refractivity contribution in [3.8, 4) is 11.3 Å². The number of thioether (sulfide) groups is 1. The van der Waals surface area contributed by atoms with Gasteiger partial charge in [0.2, 0.25) is 0 Å². The number of halogens is 1. The van der Waals surface area contributed by atoms with Gasteiger partial charge in [0.05, 0.1) is 21.0 Å². The van der Waals surface area contributed by atoms with E-state index in [4.69, 9.17) is 20.8 Å². The topological polar surface area (TPSA) is 120 Å². The number of amides is 2. The second-order valence-corrected chi connectivity index (χ2v) is 7.83. The summed E-state index contributed by atoms with van der Waals surface area (Å²) in [4.78, 5) is 47.4. The average molecular weight is 451 g/mol. The summed E-state index contributed by atoms with van der Waals surface area (Å²) >= 11 is 6.78. The highest BCUT2D eigenvalue weighted by atomic mass is 35.5. The molecule has 3 rings (SSSR count). The minimum atomic E-state index is -0.679. The SMILES string of the molecule is CC(C)OC(=O)CN1C(=O)S/C(=C/c2ccc(-c3ccc([N+](=O)[O-])cc3Cl)o2)C1=O. The lowest BCUT2D eigenvalue weighted by atomic mass is 10.1. The first-order chi connectivity index (χ1) is 14.2. The molecule has 0 aliphatic carbocycles. The number of nitro benzene ring substituents is 1. The van der Waals surface area contributed by atoms with Crippen molar-refractivity contribution < 1.29 is 28.5 Å². The number of esters is 1. The van der Waals surface area contributed by atoms with Gasteiger partial charge in [-0.15, -0.1) is 0 Å². The fourth-order valence-corrected chi connectivity index (χ4v) is 3.67. The Bertz CT molecular complexity index is 1080. The first-order valence-electron chi connectivity index (χ1n) is 8.64. The molecule has 2 aromatic rings. The van der Waals surface area contributed by atoms with E-state index in [9.17, 15) is 24.5 Å². The van der Waals surface area contributed by atoms with Gasteiger partial charge in [0.25, 0.3) is 16.8 Å². The van der Waals surface area contributed by atoms with Crippen LogP contribution in [0.3, 0.4) is 0 Å². The summed E-state index contributed by atoms with van der Waals surface area (Å²) in [6.45, 7) is 2.86. The molecule has 2 amide bonds. The van der Waals surface area contributed by atoms with E-state index in [1.165, 1.54) is 24.3 Å². The van der Waals surface area contributed by atoms with Crippen molar-refractivity contribution in [3.63, 3.8) is 0 Å². The summed E-state index contributed by atoms with van der Waals surface area (Å²) in [5.41, 5.74) is 0.284. The molecular weight excluding hydrogens is 436 g/mol. The molecule has 1 aliphatic rings. The van der Waals surface area contributed by atoms with Gasteiger partial charge in [-0.05, 0) is 43.8 Å². The van der Waals surface area contributed by atoms with E-state index < -0.39 is 28.6 Å². The summed E-state index contributed by atoms with van der Waals surface area (Å²) in [5.74, 6) is -0.700. The lowest BCUT2D eigenvalue weighted by Gasteiger charge is -2.13. The molecule has 30 heavy (non-hydrogen) atoms. The maximum Gasteiger partial charge on any atom is 0.326 e. The summed E-state index contributed by atoms with van der Waals surface area (Å²) in [5, 5.41) is 10.4. The summed E-state index contributed by atoms with van der Waals surface area (Å²) in [7, 11) is 0. The number of ether oxygens (including phenoxy) is 1. The number of carbonyl (C=O) groups is 3. The van der Waals surface area contributed by atoms with Crippen LogP contribution in [0.5, 0.6) is 0 Å². The number of carbonyl (C=O) groups excluding carboxylic acids is 3. The van der Waals surface area contributed by atoms with Gasteiger partial charge in [-0.1, -0.05) is 11.6 Å². The number of nitro groups is 1. The minimum Gasteiger partial charge on any atom is -0.462 e. The van der Waals surface area contributed by atoms with Crippen LogP contribution >= 0.6 is 23.4 Å². The Balaban J connectivity index is 1.78. The van der Waals surface area contributed by atoms with Crippen LogP contribution in [-0.2, 0) is 14.3 Å². The lowest BCUT2D eigenvalue weighted by molar-refractivity contribution is -0.384. The van der Waals surface area contributed by atoms with Crippen LogP contribution in [0.4, 0.5) is 10.5 Å². The number of furan rings is 1. The number of benzene rings is 1. The predicted molar refractivity (Wildman–Crippen MR) is 110 cm³/mol. The van der Waals surface area contributed by atoms with E-state index >= 15 is 0 Å². The smallest absolute Gasteiger partial charge is 0.326 e. The standard InChI is InChI=1S/C19H15ClN2O7S/c1-10(2)28-17(23)9-21-18(24)16(30-19(21)25)8-12-4-6-15(29-12)13-5-3-11(22(26)27)7-14(13)20/h3-8,10H,9H2,1-2H3/b16-8+. The third kappa shape index (κ3) is 4.71. The van der Waals surface area contributed by atoms with Crippen molar-refractivity contribution in [2.24, 2.45) is 0 Å². The first-order valence-corrected chi connectivity index (χ1v) is 9.84. The van der Waals surface area contributed by atoms with Crippen LogP contribution in [0.25, 0.3) is 17.4 Å². The van der Waals surface area contributed by atoms with Gasteiger partial charge in [-0.25, -0.2) is 0 Å². The molecule has 0 atom stereocenters. The second kappa shape index (κ2) is 8.72. The van der Waals surface area contributed by atoms with Crippen LogP contribution in [0.2, 0.25) is 5.02 Å². The molecule has 0 bridgehead atoms. The molecule has 11 heteroatoms. The molecule has 1 aliphatic heterocycles. The Labute approximate surface area is 179 Å². The molecule has 1 fully saturated rings. The van der Waals surface area contributed by atoms with Gasteiger partial charge >= 0.3 is 5.97 Å². The van der Waals surface area contributed by atoms with Gasteiger partial charge in [-0.2, -0.15) is 0 Å². The van der Waals surface area contributed by atoms with Crippen molar-refractivity contribution in [1.82, 2.24) is 4.90 Å². The molecule has 0 unspecified atom stereocenters. The zero-order valence-electron chi connectivity index (χ0n) is 15.8. The Morgan fingerprint density at radius 2 is 2.07 bits per heavy atom. The number of hydrogen-bond acceptors (Lipinski definition) is 8. The van der Waals surface area contributed by atoms with Gasteiger partial charge in [0.15, 0.2) is 0 Å². The zero-order valence-corrected chi connectivity index (χ0v) is 17.4. The van der Waals surface area contributed by atoms with Crippen molar-refractivity contribution in [2.45, 2.75) is 20.0 Å².